The number of carboxylic acid groups (broad SMARTS) is 1. The maximum absolute atomic E-state index is 13.1. The van der Waals surface area contributed by atoms with Gasteiger partial charge in [0.1, 0.15) is 5.82 Å². The molecule has 8 heteroatoms. The van der Waals surface area contributed by atoms with Crippen molar-refractivity contribution < 1.29 is 18.3 Å². The first-order chi connectivity index (χ1) is 14.4. The van der Waals surface area contributed by atoms with Crippen molar-refractivity contribution in [1.82, 2.24) is 9.97 Å². The Kier molecular flexibility index (Phi) is 4.11. The number of anilines is 1. The summed E-state index contributed by atoms with van der Waals surface area (Å²) in [7, 11) is -3.65. The molecule has 4 aromatic rings. The Labute approximate surface area is 172 Å². The van der Waals surface area contributed by atoms with Crippen molar-refractivity contribution >= 4 is 32.7 Å². The quantitative estimate of drug-likeness (QED) is 0.525. The fourth-order valence-corrected chi connectivity index (χ4v) is 5.25. The number of sulfonamides is 1. The molecule has 30 heavy (non-hydrogen) atoms. The number of hydrogen-bond donors (Lipinski definition) is 2. The van der Waals surface area contributed by atoms with Crippen LogP contribution in [0.4, 0.5) is 5.69 Å². The van der Waals surface area contributed by atoms with Crippen molar-refractivity contribution in [3.8, 4) is 11.4 Å². The number of fused-ring (bicyclic) bond motifs is 2. The number of aromatic nitrogens is 2. The van der Waals surface area contributed by atoms with Crippen molar-refractivity contribution in [2.24, 2.45) is 0 Å². The number of aromatic carboxylic acids is 1. The third-order valence-electron chi connectivity index (χ3n) is 5.29. The van der Waals surface area contributed by atoms with Crippen LogP contribution in [0.5, 0.6) is 0 Å². The Hall–Kier alpha value is -3.65. The van der Waals surface area contributed by atoms with E-state index in [2.05, 4.69) is 9.97 Å². The van der Waals surface area contributed by atoms with Gasteiger partial charge in [0.2, 0.25) is 0 Å². The standard InChI is InChI=1S/C22H17N3O4S/c26-22(27)16-7-10-18-19(13-16)24-21(23-18)15-5-8-17(9-6-15)30(28,29)25-12-11-14-3-1-2-4-20(14)25/h1-10,13H,11-12H2,(H,23,24)(H,26,27). The van der Waals surface area contributed by atoms with E-state index in [1.54, 1.807) is 30.3 Å². The first kappa shape index (κ1) is 18.4. The van der Waals surface area contributed by atoms with Gasteiger partial charge in [0, 0.05) is 12.1 Å². The third-order valence-corrected chi connectivity index (χ3v) is 7.12. The van der Waals surface area contributed by atoms with Crippen molar-refractivity contribution in [1.29, 1.82) is 0 Å². The Balaban J connectivity index is 1.47. The van der Waals surface area contributed by atoms with Gasteiger partial charge in [-0.2, -0.15) is 0 Å². The van der Waals surface area contributed by atoms with Crippen LogP contribution in [0.15, 0.2) is 71.6 Å². The number of imidazole rings is 1. The van der Waals surface area contributed by atoms with Crippen LogP contribution in [-0.2, 0) is 16.4 Å². The Morgan fingerprint density at radius 1 is 1.03 bits per heavy atom. The Bertz CT molecular complexity index is 1390. The number of benzene rings is 3. The molecule has 0 spiro atoms. The fraction of sp³-hybridized carbons (Fsp3) is 0.0909. The van der Waals surface area contributed by atoms with Crippen molar-refractivity contribution in [3.05, 3.63) is 77.9 Å². The second-order valence-electron chi connectivity index (χ2n) is 7.10. The molecule has 150 valence electrons. The topological polar surface area (TPSA) is 103 Å². The van der Waals surface area contributed by atoms with Crippen LogP contribution in [0.25, 0.3) is 22.4 Å². The number of H-pyrrole nitrogens is 1. The molecule has 0 aliphatic carbocycles. The fourth-order valence-electron chi connectivity index (χ4n) is 3.75. The number of carbonyl (C=O) groups is 1. The molecular weight excluding hydrogens is 402 g/mol. The zero-order valence-corrected chi connectivity index (χ0v) is 16.6. The summed E-state index contributed by atoms with van der Waals surface area (Å²) in [6, 6.07) is 18.7. The van der Waals surface area contributed by atoms with Gasteiger partial charge < -0.3 is 10.1 Å². The summed E-state index contributed by atoms with van der Waals surface area (Å²) >= 11 is 0. The monoisotopic (exact) mass is 419 g/mol. The molecule has 5 rings (SSSR count). The molecule has 0 atom stereocenters. The van der Waals surface area contributed by atoms with Gasteiger partial charge in [0.25, 0.3) is 10.0 Å². The average molecular weight is 419 g/mol. The van der Waals surface area contributed by atoms with E-state index in [-0.39, 0.29) is 10.5 Å². The molecule has 0 saturated heterocycles. The van der Waals surface area contributed by atoms with Crippen LogP contribution in [0.1, 0.15) is 15.9 Å². The zero-order valence-electron chi connectivity index (χ0n) is 15.7. The predicted molar refractivity (Wildman–Crippen MR) is 113 cm³/mol. The van der Waals surface area contributed by atoms with Crippen molar-refractivity contribution in [2.45, 2.75) is 11.3 Å². The molecule has 3 aromatic carbocycles. The zero-order chi connectivity index (χ0) is 20.9. The van der Waals surface area contributed by atoms with Crippen LogP contribution >= 0.6 is 0 Å². The van der Waals surface area contributed by atoms with Gasteiger partial charge in [0.05, 0.1) is 27.2 Å². The maximum Gasteiger partial charge on any atom is 0.335 e. The lowest BCUT2D eigenvalue weighted by molar-refractivity contribution is 0.0697. The van der Waals surface area contributed by atoms with Crippen LogP contribution in [0.2, 0.25) is 0 Å². The van der Waals surface area contributed by atoms with Gasteiger partial charge in [-0.3, -0.25) is 4.31 Å². The molecule has 1 aliphatic heterocycles. The minimum Gasteiger partial charge on any atom is -0.478 e. The minimum absolute atomic E-state index is 0.171. The smallest absolute Gasteiger partial charge is 0.335 e. The molecule has 1 aromatic heterocycles. The summed E-state index contributed by atoms with van der Waals surface area (Å²) in [6.45, 7) is 0.429. The second-order valence-corrected chi connectivity index (χ2v) is 8.97. The molecule has 0 radical (unpaired) electrons. The van der Waals surface area contributed by atoms with Crippen LogP contribution in [0, 0.1) is 0 Å². The first-order valence-electron chi connectivity index (χ1n) is 9.38. The van der Waals surface area contributed by atoms with Gasteiger partial charge in [-0.15, -0.1) is 0 Å². The Morgan fingerprint density at radius 3 is 2.57 bits per heavy atom. The van der Waals surface area contributed by atoms with Crippen molar-refractivity contribution in [2.75, 3.05) is 10.8 Å². The molecule has 1 aliphatic rings. The summed E-state index contributed by atoms with van der Waals surface area (Å²) in [6.07, 6.45) is 0.699. The Morgan fingerprint density at radius 2 is 1.80 bits per heavy atom. The largest absolute Gasteiger partial charge is 0.478 e. The minimum atomic E-state index is -3.65. The van der Waals surface area contributed by atoms with Gasteiger partial charge in [-0.1, -0.05) is 18.2 Å². The lowest BCUT2D eigenvalue weighted by Gasteiger charge is -2.19. The summed E-state index contributed by atoms with van der Waals surface area (Å²) in [4.78, 5) is 18.9. The van der Waals surface area contributed by atoms with E-state index in [1.807, 2.05) is 24.3 Å². The normalized spacial score (nSPS) is 13.5. The lowest BCUT2D eigenvalue weighted by atomic mass is 10.2. The van der Waals surface area contributed by atoms with E-state index >= 15 is 0 Å². The van der Waals surface area contributed by atoms with Gasteiger partial charge >= 0.3 is 5.97 Å². The van der Waals surface area contributed by atoms with Crippen molar-refractivity contribution in [3.63, 3.8) is 0 Å². The van der Waals surface area contributed by atoms with E-state index in [0.717, 1.165) is 11.3 Å². The number of rotatable bonds is 4. The number of nitrogens with one attached hydrogen (secondary N) is 1. The van der Waals surface area contributed by atoms with Gasteiger partial charge in [0.15, 0.2) is 0 Å². The first-order valence-corrected chi connectivity index (χ1v) is 10.8. The summed E-state index contributed by atoms with van der Waals surface area (Å²) < 4.78 is 27.7. The summed E-state index contributed by atoms with van der Waals surface area (Å²) in [5, 5.41) is 9.13. The van der Waals surface area contributed by atoms with E-state index < -0.39 is 16.0 Å². The highest BCUT2D eigenvalue weighted by Crippen LogP contribution is 2.33. The third kappa shape index (κ3) is 2.93. The second kappa shape index (κ2) is 6.70. The number of carboxylic acids is 1. The molecule has 2 heterocycles. The van der Waals surface area contributed by atoms with E-state index in [0.29, 0.717) is 35.4 Å². The number of para-hydroxylation sites is 1. The van der Waals surface area contributed by atoms with E-state index in [9.17, 15) is 13.2 Å². The summed E-state index contributed by atoms with van der Waals surface area (Å²) in [5.74, 6) is -0.464. The average Bonchev–Trinajstić information content (AvgIpc) is 3.38. The molecule has 0 fully saturated rings. The molecule has 0 bridgehead atoms. The van der Waals surface area contributed by atoms with Crippen LogP contribution in [-0.4, -0.2) is 36.0 Å². The lowest BCUT2D eigenvalue weighted by Crippen LogP contribution is -2.29. The van der Waals surface area contributed by atoms with Gasteiger partial charge in [-0.05, 0) is 60.5 Å². The number of nitrogens with zero attached hydrogens (tertiary/aromatic N) is 2. The number of hydrogen-bond acceptors (Lipinski definition) is 4. The highest BCUT2D eigenvalue weighted by Gasteiger charge is 2.30. The van der Waals surface area contributed by atoms with Crippen LogP contribution in [0.3, 0.4) is 0 Å². The highest BCUT2D eigenvalue weighted by atomic mass is 32.2. The van der Waals surface area contributed by atoms with Gasteiger partial charge in [-0.25, -0.2) is 18.2 Å². The number of aromatic amines is 1. The van der Waals surface area contributed by atoms with E-state index in [4.69, 9.17) is 5.11 Å². The molecule has 0 saturated carbocycles. The molecule has 7 nitrogen and oxygen atoms in total. The maximum atomic E-state index is 13.1. The van der Waals surface area contributed by atoms with Crippen LogP contribution < -0.4 is 4.31 Å². The predicted octanol–water partition coefficient (Wildman–Crippen LogP) is 3.68. The molecular formula is C22H17N3O4S. The molecule has 0 unspecified atom stereocenters. The molecule has 0 amide bonds. The highest BCUT2D eigenvalue weighted by molar-refractivity contribution is 7.92. The SMILES string of the molecule is O=C(O)c1ccc2nc(-c3ccc(S(=O)(=O)N4CCc5ccccc54)cc3)[nH]c2c1. The van der Waals surface area contributed by atoms with E-state index in [1.165, 1.54) is 16.4 Å². The summed E-state index contributed by atoms with van der Waals surface area (Å²) in [5.41, 5.74) is 3.89. The molecule has 2 N–H and O–H groups in total.